The highest BCUT2D eigenvalue weighted by Gasteiger charge is 2.31. The highest BCUT2D eigenvalue weighted by molar-refractivity contribution is 5.93. The van der Waals surface area contributed by atoms with Gasteiger partial charge in [-0.05, 0) is 43.2 Å². The van der Waals surface area contributed by atoms with Crippen LogP contribution in [0.3, 0.4) is 0 Å². The minimum atomic E-state index is -4.50. The van der Waals surface area contributed by atoms with Crippen LogP contribution in [0.4, 0.5) is 30.2 Å². The molecule has 0 spiro atoms. The van der Waals surface area contributed by atoms with Crippen LogP contribution in [0, 0.1) is 5.92 Å². The van der Waals surface area contributed by atoms with Crippen LogP contribution in [0.15, 0.2) is 48.5 Å². The van der Waals surface area contributed by atoms with Crippen molar-refractivity contribution in [1.82, 2.24) is 0 Å². The van der Waals surface area contributed by atoms with Crippen LogP contribution in [0.1, 0.15) is 45.1 Å². The summed E-state index contributed by atoms with van der Waals surface area (Å²) in [7, 11) is 0. The van der Waals surface area contributed by atoms with Crippen molar-refractivity contribution in [3.63, 3.8) is 0 Å². The second-order valence-corrected chi connectivity index (χ2v) is 6.55. The molecule has 27 heavy (non-hydrogen) atoms. The molecule has 2 rings (SSSR count). The van der Waals surface area contributed by atoms with E-state index in [2.05, 4.69) is 10.6 Å². The quantitative estimate of drug-likeness (QED) is 0.543. The molecule has 0 aromatic heterocycles. The molecule has 0 heterocycles. The van der Waals surface area contributed by atoms with Crippen molar-refractivity contribution in [2.24, 2.45) is 5.92 Å². The number of alkyl halides is 3. The van der Waals surface area contributed by atoms with E-state index in [-0.39, 0.29) is 23.2 Å². The first-order valence-electron chi connectivity index (χ1n) is 9.18. The van der Waals surface area contributed by atoms with Crippen molar-refractivity contribution >= 4 is 23.0 Å². The number of benzene rings is 2. The first-order chi connectivity index (χ1) is 12.8. The number of anilines is 3. The van der Waals surface area contributed by atoms with Gasteiger partial charge >= 0.3 is 6.18 Å². The highest BCUT2D eigenvalue weighted by atomic mass is 19.4. The molecule has 0 fully saturated rings. The van der Waals surface area contributed by atoms with Crippen molar-refractivity contribution in [2.45, 2.75) is 45.7 Å². The fourth-order valence-corrected chi connectivity index (χ4v) is 2.97. The minimum Gasteiger partial charge on any atom is -0.355 e. The van der Waals surface area contributed by atoms with Gasteiger partial charge in [0, 0.05) is 23.0 Å². The monoisotopic (exact) mass is 378 g/mol. The molecule has 0 bridgehead atoms. The number of halogens is 3. The summed E-state index contributed by atoms with van der Waals surface area (Å²) in [6.45, 7) is 3.98. The lowest BCUT2D eigenvalue weighted by Gasteiger charge is -2.18. The summed E-state index contributed by atoms with van der Waals surface area (Å²) in [6, 6.07) is 12.5. The van der Waals surface area contributed by atoms with Gasteiger partial charge in [0.2, 0.25) is 5.91 Å². The number of para-hydroxylation sites is 1. The second kappa shape index (κ2) is 9.44. The molecule has 2 aromatic carbocycles. The summed E-state index contributed by atoms with van der Waals surface area (Å²) >= 11 is 0. The van der Waals surface area contributed by atoms with Crippen LogP contribution >= 0.6 is 0 Å². The Balaban J connectivity index is 2.29. The lowest BCUT2D eigenvalue weighted by atomic mass is 9.97. The Morgan fingerprint density at radius 3 is 2.07 bits per heavy atom. The Bertz CT molecular complexity index is 739. The van der Waals surface area contributed by atoms with Crippen LogP contribution in [-0.2, 0) is 11.0 Å². The lowest BCUT2D eigenvalue weighted by Crippen LogP contribution is -2.23. The van der Waals surface area contributed by atoms with Gasteiger partial charge in [0.1, 0.15) is 0 Å². The molecular weight excluding hydrogens is 353 g/mol. The molecule has 0 unspecified atom stereocenters. The van der Waals surface area contributed by atoms with Gasteiger partial charge in [-0.2, -0.15) is 13.2 Å². The number of rotatable bonds is 8. The molecule has 2 N–H and O–H groups in total. The van der Waals surface area contributed by atoms with Crippen molar-refractivity contribution in [3.8, 4) is 0 Å². The molecule has 1 amide bonds. The maximum absolute atomic E-state index is 13.3. The topological polar surface area (TPSA) is 41.1 Å². The van der Waals surface area contributed by atoms with Gasteiger partial charge in [0.25, 0.3) is 0 Å². The smallest absolute Gasteiger partial charge is 0.355 e. The van der Waals surface area contributed by atoms with Gasteiger partial charge in [0.15, 0.2) is 0 Å². The molecule has 0 radical (unpaired) electrons. The summed E-state index contributed by atoms with van der Waals surface area (Å²) in [4.78, 5) is 12.5. The molecule has 0 aliphatic carbocycles. The molecule has 0 saturated heterocycles. The molecule has 0 atom stereocenters. The fourth-order valence-electron chi connectivity index (χ4n) is 2.97. The number of hydrogen-bond acceptors (Lipinski definition) is 2. The number of nitrogens with one attached hydrogen (secondary N) is 2. The molecule has 146 valence electrons. The van der Waals surface area contributed by atoms with Crippen LogP contribution in [0.2, 0.25) is 0 Å². The number of amides is 1. The number of hydrogen-bond donors (Lipinski definition) is 2. The van der Waals surface area contributed by atoms with Crippen molar-refractivity contribution in [3.05, 3.63) is 54.1 Å². The Morgan fingerprint density at radius 2 is 1.52 bits per heavy atom. The summed E-state index contributed by atoms with van der Waals surface area (Å²) in [5, 5.41) is 5.63. The molecule has 3 nitrogen and oxygen atoms in total. The predicted molar refractivity (Wildman–Crippen MR) is 103 cm³/mol. The van der Waals surface area contributed by atoms with Crippen molar-refractivity contribution in [1.29, 1.82) is 0 Å². The van der Waals surface area contributed by atoms with Crippen molar-refractivity contribution in [2.75, 3.05) is 10.6 Å². The van der Waals surface area contributed by atoms with Gasteiger partial charge in [-0.1, -0.05) is 44.9 Å². The van der Waals surface area contributed by atoms with E-state index in [1.807, 2.05) is 19.9 Å². The first kappa shape index (κ1) is 20.8. The summed E-state index contributed by atoms with van der Waals surface area (Å²) in [6.07, 6.45) is -1.37. The summed E-state index contributed by atoms with van der Waals surface area (Å²) in [5.74, 6) is -0.427. The Morgan fingerprint density at radius 1 is 0.926 bits per heavy atom. The van der Waals surface area contributed by atoms with Gasteiger partial charge in [-0.15, -0.1) is 0 Å². The van der Waals surface area contributed by atoms with E-state index in [0.29, 0.717) is 18.5 Å². The third-order valence-corrected chi connectivity index (χ3v) is 4.24. The van der Waals surface area contributed by atoms with E-state index in [1.165, 1.54) is 6.07 Å². The molecule has 0 aliphatic rings. The van der Waals surface area contributed by atoms with Gasteiger partial charge < -0.3 is 10.6 Å². The molecule has 0 saturated carbocycles. The largest absolute Gasteiger partial charge is 0.416 e. The SMILES string of the molecule is CCCC(CCC)C(=O)Nc1cc(Nc2ccccc2)cc(C(F)(F)F)c1. The van der Waals surface area contributed by atoms with Crippen LogP contribution in [0.5, 0.6) is 0 Å². The van der Waals surface area contributed by atoms with E-state index < -0.39 is 11.7 Å². The first-order valence-corrected chi connectivity index (χ1v) is 9.18. The zero-order valence-electron chi connectivity index (χ0n) is 15.6. The van der Waals surface area contributed by atoms with Gasteiger partial charge in [-0.25, -0.2) is 0 Å². The van der Waals surface area contributed by atoms with Crippen LogP contribution in [-0.4, -0.2) is 5.91 Å². The van der Waals surface area contributed by atoms with Gasteiger partial charge in [0.05, 0.1) is 5.56 Å². The van der Waals surface area contributed by atoms with Crippen molar-refractivity contribution < 1.29 is 18.0 Å². The average Bonchev–Trinajstić information content (AvgIpc) is 2.61. The second-order valence-electron chi connectivity index (χ2n) is 6.55. The van der Waals surface area contributed by atoms with E-state index in [9.17, 15) is 18.0 Å². The van der Waals surface area contributed by atoms with E-state index in [0.717, 1.165) is 25.0 Å². The average molecular weight is 378 g/mol. The lowest BCUT2D eigenvalue weighted by molar-refractivity contribution is -0.137. The maximum atomic E-state index is 13.3. The Hall–Kier alpha value is -2.50. The highest BCUT2D eigenvalue weighted by Crippen LogP contribution is 2.34. The standard InChI is InChI=1S/C21H25F3N2O/c1-3-8-15(9-4-2)20(27)26-19-13-16(21(22,23)24)12-18(14-19)25-17-10-6-5-7-11-17/h5-7,10-15,25H,3-4,8-9H2,1-2H3,(H,26,27). The van der Waals surface area contributed by atoms with Gasteiger partial charge in [-0.3, -0.25) is 4.79 Å². The zero-order valence-corrected chi connectivity index (χ0v) is 15.6. The molecular formula is C21H25F3N2O. The van der Waals surface area contributed by atoms with E-state index >= 15 is 0 Å². The van der Waals surface area contributed by atoms with E-state index in [1.54, 1.807) is 24.3 Å². The summed E-state index contributed by atoms with van der Waals surface area (Å²) < 4.78 is 39.9. The Labute approximate surface area is 158 Å². The third kappa shape index (κ3) is 6.31. The third-order valence-electron chi connectivity index (χ3n) is 4.24. The molecule has 6 heteroatoms. The van der Waals surface area contributed by atoms with Crippen LogP contribution < -0.4 is 10.6 Å². The van der Waals surface area contributed by atoms with E-state index in [4.69, 9.17) is 0 Å². The summed E-state index contributed by atoms with van der Waals surface area (Å²) in [5.41, 5.74) is 0.282. The zero-order chi connectivity index (χ0) is 19.9. The molecule has 2 aromatic rings. The Kier molecular flexibility index (Phi) is 7.28. The molecule has 0 aliphatic heterocycles. The maximum Gasteiger partial charge on any atom is 0.416 e. The normalized spacial score (nSPS) is 11.5. The fraction of sp³-hybridized carbons (Fsp3) is 0.381. The predicted octanol–water partition coefficient (Wildman–Crippen LogP) is 6.60. The number of carbonyl (C=O) groups excluding carboxylic acids is 1. The number of carbonyl (C=O) groups is 1. The minimum absolute atomic E-state index is 0.144. The van der Waals surface area contributed by atoms with Crippen LogP contribution in [0.25, 0.3) is 0 Å².